The molecule has 5 rings (SSSR count). The van der Waals surface area contributed by atoms with Crippen LogP contribution in [0.25, 0.3) is 16.6 Å². The Morgan fingerprint density at radius 1 is 1.21 bits per heavy atom. The molecule has 2 aliphatic rings. The second-order valence-electron chi connectivity index (χ2n) is 11.9. The summed E-state index contributed by atoms with van der Waals surface area (Å²) in [4.78, 5) is 42.6. The second-order valence-corrected chi connectivity index (χ2v) is 12.3. The smallest absolute Gasteiger partial charge is 0.410 e. The van der Waals surface area contributed by atoms with Crippen molar-refractivity contribution in [3.8, 4) is 5.69 Å². The van der Waals surface area contributed by atoms with Gasteiger partial charge in [-0.05, 0) is 53.2 Å². The summed E-state index contributed by atoms with van der Waals surface area (Å²) in [5, 5.41) is 9.73. The lowest BCUT2D eigenvalue weighted by Gasteiger charge is -2.62. The van der Waals surface area contributed by atoms with Crippen LogP contribution >= 0.6 is 11.6 Å². The average Bonchev–Trinajstić information content (AvgIpc) is 2.87. The molecule has 1 aromatic heterocycles. The number of anilines is 2. The highest BCUT2D eigenvalue weighted by Gasteiger charge is 2.57. The third-order valence-electron chi connectivity index (χ3n) is 7.93. The molecule has 230 valence electrons. The van der Waals surface area contributed by atoms with Crippen molar-refractivity contribution in [2.45, 2.75) is 58.8 Å². The molecule has 2 saturated heterocycles. The van der Waals surface area contributed by atoms with E-state index < -0.39 is 52.4 Å². The number of likely N-dealkylation sites (tertiary alicyclic amines) is 1. The number of halogens is 3. The highest BCUT2D eigenvalue weighted by molar-refractivity contribution is 6.38. The summed E-state index contributed by atoms with van der Waals surface area (Å²) in [6, 6.07) is 2.27. The van der Waals surface area contributed by atoms with Crippen LogP contribution < -0.4 is 16.1 Å². The van der Waals surface area contributed by atoms with Gasteiger partial charge >= 0.3 is 12.1 Å². The zero-order valence-electron chi connectivity index (χ0n) is 24.5. The minimum Gasteiger partial charge on any atom is -0.462 e. The highest BCUT2D eigenvalue weighted by Crippen LogP contribution is 2.47. The standard InChI is InChI=1S/C30H33ClF2N4O6/c1-6-42-27(40)17-11-36(20-10-19(34)18(32)9-16(20)12-38)24-21(26(17)39)15(2)23(33)25(22(24)31)35-13-30(14-35)7-8-37(30)28(41)43-29(3,4)5/h9-11,38H,6-8,12-14,34H2,1-5H3. The van der Waals surface area contributed by atoms with E-state index in [4.69, 9.17) is 26.8 Å². The number of carbonyl (C=O) groups excluding carboxylic acids is 2. The molecule has 0 atom stereocenters. The zero-order valence-corrected chi connectivity index (χ0v) is 25.3. The Labute approximate surface area is 251 Å². The van der Waals surface area contributed by atoms with E-state index in [0.717, 1.165) is 6.07 Å². The van der Waals surface area contributed by atoms with Gasteiger partial charge in [-0.15, -0.1) is 0 Å². The molecule has 1 spiro atoms. The van der Waals surface area contributed by atoms with Crippen molar-refractivity contribution in [2.24, 2.45) is 0 Å². The van der Waals surface area contributed by atoms with Gasteiger partial charge in [0.15, 0.2) is 5.82 Å². The molecule has 1 amide bonds. The Balaban J connectivity index is 1.69. The van der Waals surface area contributed by atoms with Gasteiger partial charge in [-0.3, -0.25) is 9.69 Å². The van der Waals surface area contributed by atoms with Gasteiger partial charge in [0.05, 0.1) is 51.7 Å². The van der Waals surface area contributed by atoms with Gasteiger partial charge in [0, 0.05) is 37.0 Å². The summed E-state index contributed by atoms with van der Waals surface area (Å²) in [7, 11) is 0. The molecule has 3 aromatic rings. The average molecular weight is 619 g/mol. The van der Waals surface area contributed by atoms with Gasteiger partial charge in [0.2, 0.25) is 5.43 Å². The van der Waals surface area contributed by atoms with Crippen molar-refractivity contribution >= 4 is 45.9 Å². The topological polar surface area (TPSA) is 127 Å². The van der Waals surface area contributed by atoms with Gasteiger partial charge in [-0.2, -0.15) is 0 Å². The second kappa shape index (κ2) is 10.7. The normalized spacial score (nSPS) is 15.8. The molecule has 3 N–H and O–H groups in total. The molecular weight excluding hydrogens is 586 g/mol. The number of hydrogen-bond donors (Lipinski definition) is 2. The first-order chi connectivity index (χ1) is 20.1. The van der Waals surface area contributed by atoms with E-state index in [1.54, 1.807) is 37.5 Å². The maximum atomic E-state index is 16.2. The van der Waals surface area contributed by atoms with Crippen LogP contribution in [0.15, 0.2) is 23.1 Å². The van der Waals surface area contributed by atoms with E-state index in [0.29, 0.717) is 13.0 Å². The number of carbonyl (C=O) groups is 2. The number of nitrogens with zero attached hydrogens (tertiary/aromatic N) is 3. The van der Waals surface area contributed by atoms with Gasteiger partial charge < -0.3 is 29.8 Å². The van der Waals surface area contributed by atoms with Crippen LogP contribution in [0.3, 0.4) is 0 Å². The van der Waals surface area contributed by atoms with Crippen LogP contribution in [0.2, 0.25) is 5.02 Å². The van der Waals surface area contributed by atoms with Gasteiger partial charge in [-0.1, -0.05) is 11.6 Å². The Hall–Kier alpha value is -3.90. The van der Waals surface area contributed by atoms with Crippen LogP contribution in [0.4, 0.5) is 25.0 Å². The van der Waals surface area contributed by atoms with Crippen molar-refractivity contribution < 1.29 is 33.0 Å². The van der Waals surface area contributed by atoms with E-state index in [1.165, 1.54) is 23.8 Å². The molecule has 2 fully saturated rings. The molecule has 2 aromatic carbocycles. The number of fused-ring (bicyclic) bond motifs is 1. The Morgan fingerprint density at radius 3 is 2.44 bits per heavy atom. The fraction of sp³-hybridized carbons (Fsp3) is 0.433. The van der Waals surface area contributed by atoms with Crippen LogP contribution in [0.1, 0.15) is 55.6 Å². The lowest BCUT2D eigenvalue weighted by molar-refractivity contribution is -0.0561. The SMILES string of the molecule is CCOC(=O)c1cn(-c2cc(N)c(F)cc2CO)c2c(Cl)c(N3CC4(CCN4C(=O)OC(C)(C)C)C3)c(F)c(C)c2c1=O. The first-order valence-corrected chi connectivity index (χ1v) is 14.2. The molecule has 3 heterocycles. The molecule has 0 saturated carbocycles. The molecule has 0 radical (unpaired) electrons. The van der Waals surface area contributed by atoms with Crippen molar-refractivity contribution in [3.05, 3.63) is 61.9 Å². The van der Waals surface area contributed by atoms with E-state index in [2.05, 4.69) is 0 Å². The van der Waals surface area contributed by atoms with Crippen molar-refractivity contribution in [3.63, 3.8) is 0 Å². The number of hydrogen-bond acceptors (Lipinski definition) is 8. The number of esters is 1. The first-order valence-electron chi connectivity index (χ1n) is 13.8. The molecule has 43 heavy (non-hydrogen) atoms. The minimum absolute atomic E-state index is 0.00555. The maximum absolute atomic E-state index is 16.2. The summed E-state index contributed by atoms with van der Waals surface area (Å²) >= 11 is 6.92. The third kappa shape index (κ3) is 4.96. The number of nitrogens with two attached hydrogens (primary N) is 1. The Bertz CT molecular complexity index is 1730. The number of benzene rings is 2. The highest BCUT2D eigenvalue weighted by atomic mass is 35.5. The molecule has 10 nitrogen and oxygen atoms in total. The lowest BCUT2D eigenvalue weighted by Crippen LogP contribution is -2.78. The van der Waals surface area contributed by atoms with Gasteiger partial charge in [0.1, 0.15) is 17.0 Å². The third-order valence-corrected chi connectivity index (χ3v) is 8.29. The monoisotopic (exact) mass is 618 g/mol. The number of aliphatic hydroxyl groups excluding tert-OH is 1. The number of rotatable bonds is 5. The summed E-state index contributed by atoms with van der Waals surface area (Å²) in [6.07, 6.45) is 1.41. The van der Waals surface area contributed by atoms with Crippen LogP contribution in [0, 0.1) is 18.6 Å². The number of nitrogen functional groups attached to an aromatic ring is 1. The molecule has 0 unspecified atom stereocenters. The van der Waals surface area contributed by atoms with Crippen LogP contribution in [-0.2, 0) is 16.1 Å². The van der Waals surface area contributed by atoms with Crippen LogP contribution in [0.5, 0.6) is 0 Å². The number of ether oxygens (including phenoxy) is 2. The predicted octanol–water partition coefficient (Wildman–Crippen LogP) is 4.68. The van der Waals surface area contributed by atoms with E-state index in [1.807, 2.05) is 0 Å². The van der Waals surface area contributed by atoms with Crippen molar-refractivity contribution in [1.29, 1.82) is 0 Å². The number of aliphatic hydroxyl groups is 1. The largest absolute Gasteiger partial charge is 0.462 e. The number of pyridine rings is 1. The first kappa shape index (κ1) is 30.6. The Morgan fingerprint density at radius 2 is 1.88 bits per heavy atom. The molecule has 13 heteroatoms. The van der Waals surface area contributed by atoms with E-state index in [9.17, 15) is 23.9 Å². The molecular formula is C30H33ClF2N4O6. The fourth-order valence-electron chi connectivity index (χ4n) is 5.76. The summed E-state index contributed by atoms with van der Waals surface area (Å²) in [5.74, 6) is -2.49. The minimum atomic E-state index is -0.944. The number of aryl methyl sites for hydroxylation is 1. The Kier molecular flexibility index (Phi) is 7.58. The van der Waals surface area contributed by atoms with Gasteiger partial charge in [-0.25, -0.2) is 18.4 Å². The fourth-order valence-corrected chi connectivity index (χ4v) is 6.15. The van der Waals surface area contributed by atoms with E-state index >= 15 is 4.39 Å². The lowest BCUT2D eigenvalue weighted by atomic mass is 9.77. The summed E-state index contributed by atoms with van der Waals surface area (Å²) in [5.41, 5.74) is 3.35. The number of amides is 1. The van der Waals surface area contributed by atoms with Crippen LogP contribution in [-0.4, -0.2) is 64.0 Å². The predicted molar refractivity (Wildman–Crippen MR) is 158 cm³/mol. The molecule has 0 bridgehead atoms. The van der Waals surface area contributed by atoms with E-state index in [-0.39, 0.29) is 63.8 Å². The van der Waals surface area contributed by atoms with Crippen molar-refractivity contribution in [1.82, 2.24) is 9.47 Å². The van der Waals surface area contributed by atoms with Gasteiger partial charge in [0.25, 0.3) is 0 Å². The summed E-state index contributed by atoms with van der Waals surface area (Å²) in [6.45, 7) is 8.71. The quantitative estimate of drug-likeness (QED) is 0.312. The molecule has 0 aliphatic carbocycles. The number of aromatic nitrogens is 1. The maximum Gasteiger partial charge on any atom is 0.410 e. The summed E-state index contributed by atoms with van der Waals surface area (Å²) < 4.78 is 42.5. The van der Waals surface area contributed by atoms with Crippen molar-refractivity contribution in [2.75, 3.05) is 36.9 Å². The zero-order chi connectivity index (χ0) is 31.6. The molecule has 2 aliphatic heterocycles.